The fraction of sp³-hybridized carbons (Fsp3) is 0.231. The van der Waals surface area contributed by atoms with E-state index >= 15 is 0 Å². The van der Waals surface area contributed by atoms with E-state index in [0.717, 1.165) is 42.0 Å². The maximum absolute atomic E-state index is 12.5. The first-order valence-electron chi connectivity index (χ1n) is 10.8. The van der Waals surface area contributed by atoms with Crippen molar-refractivity contribution in [2.24, 2.45) is 0 Å². The van der Waals surface area contributed by atoms with Gasteiger partial charge in [-0.2, -0.15) is 0 Å². The number of carbonyl (C=O) groups excluding carboxylic acids is 1. The first-order valence-corrected chi connectivity index (χ1v) is 11.2. The molecule has 164 valence electrons. The summed E-state index contributed by atoms with van der Waals surface area (Å²) in [5, 5.41) is 3.58. The molecule has 0 fully saturated rings. The van der Waals surface area contributed by atoms with Crippen molar-refractivity contribution in [3.8, 4) is 5.75 Å². The predicted molar refractivity (Wildman–Crippen MR) is 128 cm³/mol. The van der Waals surface area contributed by atoms with Crippen molar-refractivity contribution >= 4 is 28.5 Å². The highest BCUT2D eigenvalue weighted by molar-refractivity contribution is 6.30. The Hall–Kier alpha value is -3.31. The van der Waals surface area contributed by atoms with Crippen LogP contribution >= 0.6 is 11.6 Å². The summed E-state index contributed by atoms with van der Waals surface area (Å²) in [5.74, 6) is 1.60. The summed E-state index contributed by atoms with van der Waals surface area (Å²) < 4.78 is 8.05. The predicted octanol–water partition coefficient (Wildman–Crippen LogP) is 5.79. The number of unbranched alkanes of at least 4 members (excludes halogenated alkanes) is 1. The molecule has 0 bridgehead atoms. The Morgan fingerprint density at radius 2 is 1.84 bits per heavy atom. The van der Waals surface area contributed by atoms with Crippen molar-refractivity contribution in [3.63, 3.8) is 0 Å². The fourth-order valence-corrected chi connectivity index (χ4v) is 3.77. The van der Waals surface area contributed by atoms with Crippen LogP contribution < -0.4 is 10.1 Å². The number of nitrogens with zero attached hydrogens (tertiary/aromatic N) is 2. The number of hydrogen-bond donors (Lipinski definition) is 1. The van der Waals surface area contributed by atoms with Crippen molar-refractivity contribution in [2.75, 3.05) is 6.61 Å². The molecule has 0 aliphatic rings. The third-order valence-corrected chi connectivity index (χ3v) is 5.53. The van der Waals surface area contributed by atoms with Crippen LogP contribution in [-0.2, 0) is 13.1 Å². The van der Waals surface area contributed by atoms with Gasteiger partial charge >= 0.3 is 0 Å². The average Bonchev–Trinajstić information content (AvgIpc) is 3.15. The number of halogens is 1. The Morgan fingerprint density at radius 1 is 1.03 bits per heavy atom. The zero-order chi connectivity index (χ0) is 22.3. The molecule has 4 rings (SSSR count). The SMILES string of the molecule is Cc1cccc(OCCCCn2c(CNC(=O)c3ccc(Cl)cc3)nc3ccccc32)c1. The number of benzene rings is 3. The largest absolute Gasteiger partial charge is 0.494 e. The lowest BCUT2D eigenvalue weighted by atomic mass is 10.2. The minimum absolute atomic E-state index is 0.146. The third kappa shape index (κ3) is 5.48. The lowest BCUT2D eigenvalue weighted by Crippen LogP contribution is -2.24. The molecule has 4 aromatic rings. The Bertz CT molecular complexity index is 1200. The average molecular weight is 448 g/mol. The molecule has 5 nitrogen and oxygen atoms in total. The van der Waals surface area contributed by atoms with Gasteiger partial charge in [-0.15, -0.1) is 0 Å². The van der Waals surface area contributed by atoms with E-state index in [0.29, 0.717) is 23.7 Å². The van der Waals surface area contributed by atoms with Crippen molar-refractivity contribution in [2.45, 2.75) is 32.9 Å². The summed E-state index contributed by atoms with van der Waals surface area (Å²) in [4.78, 5) is 17.3. The van der Waals surface area contributed by atoms with E-state index in [-0.39, 0.29) is 5.91 Å². The number of imidazole rings is 1. The van der Waals surface area contributed by atoms with E-state index in [9.17, 15) is 4.79 Å². The van der Waals surface area contributed by atoms with Crippen LogP contribution in [0.4, 0.5) is 0 Å². The topological polar surface area (TPSA) is 56.1 Å². The Kier molecular flexibility index (Phi) is 7.07. The number of nitrogens with one attached hydrogen (secondary N) is 1. The molecule has 1 heterocycles. The lowest BCUT2D eigenvalue weighted by Gasteiger charge is -2.11. The van der Waals surface area contributed by atoms with Gasteiger partial charge in [0.2, 0.25) is 0 Å². The smallest absolute Gasteiger partial charge is 0.251 e. The van der Waals surface area contributed by atoms with E-state index in [1.54, 1.807) is 24.3 Å². The number of para-hydroxylation sites is 2. The molecule has 3 aromatic carbocycles. The number of amides is 1. The van der Waals surface area contributed by atoms with Gasteiger partial charge in [0, 0.05) is 17.1 Å². The van der Waals surface area contributed by atoms with Crippen LogP contribution in [0.3, 0.4) is 0 Å². The molecule has 1 amide bonds. The summed E-state index contributed by atoms with van der Waals surface area (Å²) in [7, 11) is 0. The van der Waals surface area contributed by atoms with Gasteiger partial charge < -0.3 is 14.6 Å². The van der Waals surface area contributed by atoms with Crippen LogP contribution in [-0.4, -0.2) is 22.1 Å². The Labute approximate surface area is 193 Å². The number of hydrogen-bond acceptors (Lipinski definition) is 3. The number of carbonyl (C=O) groups is 1. The van der Waals surface area contributed by atoms with Gasteiger partial charge in [-0.3, -0.25) is 4.79 Å². The molecular weight excluding hydrogens is 422 g/mol. The molecule has 0 aliphatic heterocycles. The van der Waals surface area contributed by atoms with Crippen LogP contribution in [0.5, 0.6) is 5.75 Å². The van der Waals surface area contributed by atoms with Crippen LogP contribution in [0, 0.1) is 6.92 Å². The standard InChI is InChI=1S/C26H26ClN3O2/c1-19-7-6-8-22(17-19)32-16-5-4-15-30-24-10-3-2-9-23(24)29-25(30)18-28-26(31)20-11-13-21(27)14-12-20/h2-3,6-14,17H,4-5,15-16,18H2,1H3,(H,28,31). The maximum atomic E-state index is 12.5. The molecule has 0 unspecified atom stereocenters. The number of aryl methyl sites for hydroxylation is 2. The van der Waals surface area contributed by atoms with Gasteiger partial charge in [-0.1, -0.05) is 35.9 Å². The fourth-order valence-electron chi connectivity index (χ4n) is 3.64. The van der Waals surface area contributed by atoms with Crippen molar-refractivity contribution < 1.29 is 9.53 Å². The first kappa shape index (κ1) is 21.9. The number of rotatable bonds is 9. The second-order valence-electron chi connectivity index (χ2n) is 7.73. The summed E-state index contributed by atoms with van der Waals surface area (Å²) in [6, 6.07) is 23.0. The van der Waals surface area contributed by atoms with E-state index in [1.807, 2.05) is 36.4 Å². The molecule has 1 N–H and O–H groups in total. The summed E-state index contributed by atoms with van der Waals surface area (Å²) in [6.07, 6.45) is 1.88. The molecule has 0 radical (unpaired) electrons. The minimum atomic E-state index is -0.146. The molecular formula is C26H26ClN3O2. The Morgan fingerprint density at radius 3 is 2.66 bits per heavy atom. The maximum Gasteiger partial charge on any atom is 0.251 e. The highest BCUT2D eigenvalue weighted by Crippen LogP contribution is 2.18. The molecule has 0 aliphatic carbocycles. The zero-order valence-electron chi connectivity index (χ0n) is 18.1. The first-order chi connectivity index (χ1) is 15.6. The third-order valence-electron chi connectivity index (χ3n) is 5.28. The van der Waals surface area contributed by atoms with Crippen LogP contribution in [0.25, 0.3) is 11.0 Å². The number of fused-ring (bicyclic) bond motifs is 1. The summed E-state index contributed by atoms with van der Waals surface area (Å²) in [6.45, 7) is 3.89. The quantitative estimate of drug-likeness (QED) is 0.330. The van der Waals surface area contributed by atoms with E-state index in [4.69, 9.17) is 21.3 Å². The highest BCUT2D eigenvalue weighted by Gasteiger charge is 2.12. The molecule has 0 saturated carbocycles. The summed E-state index contributed by atoms with van der Waals surface area (Å²) in [5.41, 5.74) is 3.77. The van der Waals surface area contributed by atoms with Crippen LogP contribution in [0.15, 0.2) is 72.8 Å². The molecule has 1 aromatic heterocycles. The lowest BCUT2D eigenvalue weighted by molar-refractivity contribution is 0.0949. The number of ether oxygens (including phenoxy) is 1. The van der Waals surface area contributed by atoms with E-state index in [1.165, 1.54) is 5.56 Å². The van der Waals surface area contributed by atoms with Gasteiger partial charge in [0.05, 0.1) is 24.2 Å². The normalized spacial score (nSPS) is 10.9. The monoisotopic (exact) mass is 447 g/mol. The van der Waals surface area contributed by atoms with Crippen molar-refractivity contribution in [3.05, 3.63) is 94.8 Å². The van der Waals surface area contributed by atoms with Crippen molar-refractivity contribution in [1.29, 1.82) is 0 Å². The molecule has 6 heteroatoms. The molecule has 32 heavy (non-hydrogen) atoms. The van der Waals surface area contributed by atoms with Crippen molar-refractivity contribution in [1.82, 2.24) is 14.9 Å². The van der Waals surface area contributed by atoms with Gasteiger partial charge in [0.15, 0.2) is 0 Å². The highest BCUT2D eigenvalue weighted by atomic mass is 35.5. The van der Waals surface area contributed by atoms with Gasteiger partial charge in [-0.05, 0) is 73.9 Å². The van der Waals surface area contributed by atoms with Gasteiger partial charge in [0.1, 0.15) is 11.6 Å². The Balaban J connectivity index is 1.37. The van der Waals surface area contributed by atoms with Crippen LogP contribution in [0.2, 0.25) is 5.02 Å². The zero-order valence-corrected chi connectivity index (χ0v) is 18.8. The second kappa shape index (κ2) is 10.3. The van der Waals surface area contributed by atoms with E-state index in [2.05, 4.69) is 28.9 Å². The van der Waals surface area contributed by atoms with Crippen LogP contribution in [0.1, 0.15) is 34.6 Å². The molecule has 0 spiro atoms. The molecule has 0 saturated heterocycles. The number of aromatic nitrogens is 2. The van der Waals surface area contributed by atoms with Gasteiger partial charge in [-0.25, -0.2) is 4.98 Å². The second-order valence-corrected chi connectivity index (χ2v) is 8.17. The molecule has 0 atom stereocenters. The van der Waals surface area contributed by atoms with E-state index < -0.39 is 0 Å². The van der Waals surface area contributed by atoms with Gasteiger partial charge in [0.25, 0.3) is 5.91 Å². The summed E-state index contributed by atoms with van der Waals surface area (Å²) >= 11 is 5.91. The minimum Gasteiger partial charge on any atom is -0.494 e.